The van der Waals surface area contributed by atoms with Gasteiger partial charge >= 0.3 is 0 Å². The van der Waals surface area contributed by atoms with E-state index in [0.29, 0.717) is 11.2 Å². The summed E-state index contributed by atoms with van der Waals surface area (Å²) in [4.78, 5) is 20.8. The summed E-state index contributed by atoms with van der Waals surface area (Å²) in [6.07, 6.45) is 5.06. The summed E-state index contributed by atoms with van der Waals surface area (Å²) in [5.74, 6) is -0.520. The predicted octanol–water partition coefficient (Wildman–Crippen LogP) is 2.60. The Balaban J connectivity index is 1.45. The topological polar surface area (TPSA) is 79.8 Å². The fourth-order valence-electron chi connectivity index (χ4n) is 4.49. The van der Waals surface area contributed by atoms with Crippen LogP contribution in [-0.2, 0) is 6.54 Å². The first kappa shape index (κ1) is 20.5. The maximum absolute atomic E-state index is 11.6. The summed E-state index contributed by atoms with van der Waals surface area (Å²) < 4.78 is 1.62. The van der Waals surface area contributed by atoms with Crippen LogP contribution in [0.1, 0.15) is 42.6 Å². The second kappa shape index (κ2) is 8.93. The molecule has 3 aromatic rings. The molecule has 1 amide bonds. The van der Waals surface area contributed by atoms with Crippen LogP contribution >= 0.6 is 0 Å². The van der Waals surface area contributed by atoms with Crippen molar-refractivity contribution in [3.8, 4) is 11.3 Å². The number of fused-ring (bicyclic) bond motifs is 1. The van der Waals surface area contributed by atoms with Crippen molar-refractivity contribution in [1.29, 1.82) is 0 Å². The van der Waals surface area contributed by atoms with Crippen molar-refractivity contribution in [2.75, 3.05) is 26.2 Å². The second-order valence-corrected chi connectivity index (χ2v) is 7.87. The van der Waals surface area contributed by atoms with Crippen LogP contribution in [0, 0.1) is 6.33 Å². The molecule has 0 saturated carbocycles. The number of carbonyl (C=O) groups is 1. The highest BCUT2D eigenvalue weighted by Crippen LogP contribution is 2.23. The Labute approximate surface area is 177 Å². The van der Waals surface area contributed by atoms with Gasteiger partial charge in [0.15, 0.2) is 5.65 Å². The third kappa shape index (κ3) is 4.08. The van der Waals surface area contributed by atoms with Crippen LogP contribution < -0.4 is 5.73 Å². The lowest BCUT2D eigenvalue weighted by atomic mass is 10.0. The molecule has 1 aliphatic heterocycles. The van der Waals surface area contributed by atoms with Gasteiger partial charge in [-0.1, -0.05) is 38.1 Å². The van der Waals surface area contributed by atoms with Crippen molar-refractivity contribution in [1.82, 2.24) is 24.4 Å². The minimum atomic E-state index is -0.520. The van der Waals surface area contributed by atoms with Crippen molar-refractivity contribution in [2.24, 2.45) is 5.73 Å². The van der Waals surface area contributed by atoms with Crippen LogP contribution in [0.4, 0.5) is 0 Å². The van der Waals surface area contributed by atoms with E-state index in [2.05, 4.69) is 64.3 Å². The molecule has 0 atom stereocenters. The molecule has 30 heavy (non-hydrogen) atoms. The van der Waals surface area contributed by atoms with E-state index in [1.807, 2.05) is 6.07 Å². The zero-order chi connectivity index (χ0) is 21.1. The molecular formula is C23H29N6O. The van der Waals surface area contributed by atoms with E-state index in [9.17, 15) is 4.79 Å². The molecule has 157 valence electrons. The lowest BCUT2D eigenvalue weighted by Gasteiger charge is -2.37. The number of rotatable bonds is 7. The molecule has 1 saturated heterocycles. The van der Waals surface area contributed by atoms with Gasteiger partial charge in [-0.25, -0.2) is 9.50 Å². The number of pyridine rings is 1. The number of piperidine rings is 1. The standard InChI is InChI=1S/C23H29N6O/c1-3-28(4-2)19-11-13-27(14-12-19)15-17-5-7-18(8-6-17)21-10-9-20(22(24)30)23-25-16-26-29(21)23/h5-10,19H,3-4,11-15H2,1-2H3,(H2,24,30). The quantitative estimate of drug-likeness (QED) is 0.654. The van der Waals surface area contributed by atoms with Gasteiger partial charge in [-0.2, -0.15) is 0 Å². The molecule has 1 aliphatic rings. The Kier molecular flexibility index (Phi) is 6.11. The molecule has 4 rings (SSSR count). The summed E-state index contributed by atoms with van der Waals surface area (Å²) in [7, 11) is 0. The van der Waals surface area contributed by atoms with E-state index in [1.54, 1.807) is 10.6 Å². The third-order valence-corrected chi connectivity index (χ3v) is 6.19. The number of nitrogens with two attached hydrogens (primary N) is 1. The molecule has 0 spiro atoms. The maximum atomic E-state index is 11.6. The second-order valence-electron chi connectivity index (χ2n) is 7.87. The van der Waals surface area contributed by atoms with Crippen molar-refractivity contribution < 1.29 is 4.79 Å². The largest absolute Gasteiger partial charge is 0.365 e. The Bertz CT molecular complexity index is 1000. The average molecular weight is 406 g/mol. The van der Waals surface area contributed by atoms with Gasteiger partial charge in [-0.15, -0.1) is 5.10 Å². The van der Waals surface area contributed by atoms with Gasteiger partial charge < -0.3 is 10.6 Å². The van der Waals surface area contributed by atoms with Crippen LogP contribution in [-0.4, -0.2) is 62.5 Å². The minimum Gasteiger partial charge on any atom is -0.365 e. The summed E-state index contributed by atoms with van der Waals surface area (Å²) in [6, 6.07) is 12.8. The summed E-state index contributed by atoms with van der Waals surface area (Å²) in [6.45, 7) is 10.0. The van der Waals surface area contributed by atoms with Crippen molar-refractivity contribution in [3.63, 3.8) is 0 Å². The molecule has 0 bridgehead atoms. The molecule has 1 radical (unpaired) electrons. The van der Waals surface area contributed by atoms with Crippen molar-refractivity contribution in [2.45, 2.75) is 39.3 Å². The number of primary amides is 1. The number of aromatic nitrogens is 3. The molecule has 7 heteroatoms. The van der Waals surface area contributed by atoms with E-state index in [0.717, 1.165) is 50.0 Å². The third-order valence-electron chi connectivity index (χ3n) is 6.19. The van der Waals surface area contributed by atoms with Gasteiger partial charge in [-0.05, 0) is 56.7 Å². The van der Waals surface area contributed by atoms with Gasteiger partial charge in [-0.3, -0.25) is 9.69 Å². The first-order valence-corrected chi connectivity index (χ1v) is 10.7. The molecule has 3 heterocycles. The Morgan fingerprint density at radius 2 is 1.83 bits per heavy atom. The summed E-state index contributed by atoms with van der Waals surface area (Å²) >= 11 is 0. The highest BCUT2D eigenvalue weighted by molar-refractivity contribution is 5.99. The molecule has 0 aliphatic carbocycles. The predicted molar refractivity (Wildman–Crippen MR) is 117 cm³/mol. The smallest absolute Gasteiger partial charge is 0.252 e. The van der Waals surface area contributed by atoms with Gasteiger partial charge in [0.25, 0.3) is 5.91 Å². The lowest BCUT2D eigenvalue weighted by Crippen LogP contribution is -2.44. The minimum absolute atomic E-state index is 0.345. The van der Waals surface area contributed by atoms with Crippen LogP contribution in [0.2, 0.25) is 0 Å². The first-order chi connectivity index (χ1) is 14.6. The number of likely N-dealkylation sites (tertiary alicyclic amines) is 1. The molecule has 2 aromatic heterocycles. The van der Waals surface area contributed by atoms with E-state index in [4.69, 9.17) is 5.73 Å². The van der Waals surface area contributed by atoms with Gasteiger partial charge in [0.1, 0.15) is 0 Å². The van der Waals surface area contributed by atoms with Gasteiger partial charge in [0.2, 0.25) is 6.33 Å². The number of hydrogen-bond donors (Lipinski definition) is 1. The van der Waals surface area contributed by atoms with E-state index in [-0.39, 0.29) is 0 Å². The van der Waals surface area contributed by atoms with E-state index in [1.165, 1.54) is 18.4 Å². The Morgan fingerprint density at radius 1 is 1.13 bits per heavy atom. The summed E-state index contributed by atoms with van der Waals surface area (Å²) in [5, 5.41) is 4.15. The SMILES string of the molecule is CCN(CC)C1CCN(Cc2ccc(-c3ccc(C(N)=O)c4n[c]nn34)cc2)CC1. The van der Waals surface area contributed by atoms with Crippen LogP contribution in [0.3, 0.4) is 0 Å². The molecule has 1 fully saturated rings. The maximum Gasteiger partial charge on any atom is 0.252 e. The number of hydrogen-bond acceptors (Lipinski definition) is 5. The normalized spacial score (nSPS) is 15.8. The van der Waals surface area contributed by atoms with Gasteiger partial charge in [0.05, 0.1) is 11.3 Å². The highest BCUT2D eigenvalue weighted by Gasteiger charge is 2.22. The number of benzene rings is 1. The van der Waals surface area contributed by atoms with Crippen LogP contribution in [0.5, 0.6) is 0 Å². The monoisotopic (exact) mass is 405 g/mol. The first-order valence-electron chi connectivity index (χ1n) is 10.7. The fourth-order valence-corrected chi connectivity index (χ4v) is 4.49. The van der Waals surface area contributed by atoms with Crippen LogP contribution in [0.15, 0.2) is 36.4 Å². The van der Waals surface area contributed by atoms with Crippen molar-refractivity contribution in [3.05, 3.63) is 53.9 Å². The lowest BCUT2D eigenvalue weighted by molar-refractivity contribution is 0.100. The van der Waals surface area contributed by atoms with Crippen molar-refractivity contribution >= 4 is 11.6 Å². The zero-order valence-corrected chi connectivity index (χ0v) is 17.7. The molecule has 1 aromatic carbocycles. The molecule has 7 nitrogen and oxygen atoms in total. The Hall–Kier alpha value is -2.77. The highest BCUT2D eigenvalue weighted by atomic mass is 16.1. The number of carbonyl (C=O) groups excluding carboxylic acids is 1. The number of amides is 1. The Morgan fingerprint density at radius 3 is 2.47 bits per heavy atom. The zero-order valence-electron chi connectivity index (χ0n) is 17.7. The molecule has 2 N–H and O–H groups in total. The van der Waals surface area contributed by atoms with Gasteiger partial charge in [0, 0.05) is 18.2 Å². The molecule has 0 unspecified atom stereocenters. The molecular weight excluding hydrogens is 376 g/mol. The van der Waals surface area contributed by atoms with E-state index >= 15 is 0 Å². The fraction of sp³-hybridized carbons (Fsp3) is 0.435. The van der Waals surface area contributed by atoms with E-state index < -0.39 is 5.91 Å². The summed E-state index contributed by atoms with van der Waals surface area (Å²) in [5.41, 5.74) is 9.38. The average Bonchev–Trinajstić information content (AvgIpc) is 3.25. The number of nitrogens with zero attached hydrogens (tertiary/aromatic N) is 5. The van der Waals surface area contributed by atoms with Crippen LogP contribution in [0.25, 0.3) is 16.9 Å².